The van der Waals surface area contributed by atoms with Gasteiger partial charge in [0.05, 0.1) is 0 Å². The molecule has 1 aliphatic carbocycles. The molecule has 3 rings (SSSR count). The Bertz CT molecular complexity index is 507. The van der Waals surface area contributed by atoms with Crippen molar-refractivity contribution >= 4 is 11.8 Å². The topological polar surface area (TPSA) is 69.6 Å². The van der Waals surface area contributed by atoms with Crippen molar-refractivity contribution < 1.29 is 4.42 Å². The van der Waals surface area contributed by atoms with Crippen molar-refractivity contribution in [1.82, 2.24) is 25.0 Å². The summed E-state index contributed by atoms with van der Waals surface area (Å²) in [6.07, 6.45) is 11.4. The maximum absolute atomic E-state index is 5.60. The van der Waals surface area contributed by atoms with E-state index >= 15 is 0 Å². The Morgan fingerprint density at radius 1 is 1.25 bits per heavy atom. The highest BCUT2D eigenvalue weighted by molar-refractivity contribution is 7.99. The second-order valence-electron chi connectivity index (χ2n) is 5.20. The molecule has 1 saturated carbocycles. The van der Waals surface area contributed by atoms with Crippen molar-refractivity contribution in [2.45, 2.75) is 50.3 Å². The summed E-state index contributed by atoms with van der Waals surface area (Å²) in [5.41, 5.74) is 0. The van der Waals surface area contributed by atoms with Gasteiger partial charge in [0.25, 0.3) is 5.22 Å². The fraction of sp³-hybridized carbons (Fsp3) is 0.692. The Balaban J connectivity index is 1.42. The number of nitrogens with zero attached hydrogens (tertiary/aromatic N) is 5. The van der Waals surface area contributed by atoms with Crippen LogP contribution < -0.4 is 0 Å². The molecular formula is C13H19N5OS. The molecule has 0 unspecified atom stereocenters. The van der Waals surface area contributed by atoms with Crippen molar-refractivity contribution in [3.8, 4) is 0 Å². The molecule has 7 heteroatoms. The minimum absolute atomic E-state index is 0.482. The van der Waals surface area contributed by atoms with Gasteiger partial charge in [-0.1, -0.05) is 43.9 Å². The number of hydrogen-bond acceptors (Lipinski definition) is 6. The van der Waals surface area contributed by atoms with Crippen LogP contribution in [0, 0.1) is 5.92 Å². The second-order valence-corrected chi connectivity index (χ2v) is 6.24. The summed E-state index contributed by atoms with van der Waals surface area (Å²) in [4.78, 5) is 3.88. The summed E-state index contributed by atoms with van der Waals surface area (Å²) in [6, 6.07) is 0. The molecule has 2 aromatic rings. The zero-order valence-corrected chi connectivity index (χ0v) is 12.3. The van der Waals surface area contributed by atoms with Crippen LogP contribution in [0.5, 0.6) is 0 Å². The number of aromatic nitrogens is 5. The summed E-state index contributed by atoms with van der Waals surface area (Å²) in [7, 11) is 0. The molecule has 6 nitrogen and oxygen atoms in total. The van der Waals surface area contributed by atoms with Crippen LogP contribution in [0.25, 0.3) is 0 Å². The normalized spacial score (nSPS) is 16.6. The molecule has 108 valence electrons. The second kappa shape index (κ2) is 6.88. The quantitative estimate of drug-likeness (QED) is 0.763. The third kappa shape index (κ3) is 3.82. The highest BCUT2D eigenvalue weighted by Gasteiger charge is 2.14. The van der Waals surface area contributed by atoms with Crippen LogP contribution in [0.4, 0.5) is 0 Å². The smallest absolute Gasteiger partial charge is 0.276 e. The summed E-state index contributed by atoms with van der Waals surface area (Å²) in [6.45, 7) is 0.482. The molecule has 2 aromatic heterocycles. The first-order valence-corrected chi connectivity index (χ1v) is 8.16. The SMILES string of the molecule is c1ncn(Cc2nnc(SCCC3CCCCC3)o2)n1. The molecule has 0 aromatic carbocycles. The molecule has 20 heavy (non-hydrogen) atoms. The summed E-state index contributed by atoms with van der Waals surface area (Å²) in [5.74, 6) is 2.54. The molecule has 0 saturated heterocycles. The molecule has 0 aliphatic heterocycles. The van der Waals surface area contributed by atoms with E-state index in [2.05, 4.69) is 20.3 Å². The van der Waals surface area contributed by atoms with E-state index in [0.717, 1.165) is 11.7 Å². The van der Waals surface area contributed by atoms with E-state index in [1.54, 1.807) is 22.8 Å². The van der Waals surface area contributed by atoms with Crippen LogP contribution >= 0.6 is 11.8 Å². The lowest BCUT2D eigenvalue weighted by molar-refractivity contribution is 0.351. The highest BCUT2D eigenvalue weighted by Crippen LogP contribution is 2.28. The van der Waals surface area contributed by atoms with Crippen LogP contribution in [0.2, 0.25) is 0 Å². The van der Waals surface area contributed by atoms with E-state index in [1.165, 1.54) is 44.9 Å². The molecule has 1 aliphatic rings. The molecule has 0 radical (unpaired) electrons. The van der Waals surface area contributed by atoms with Gasteiger partial charge in [-0.25, -0.2) is 9.67 Å². The Morgan fingerprint density at radius 2 is 2.15 bits per heavy atom. The summed E-state index contributed by atoms with van der Waals surface area (Å²) >= 11 is 1.66. The van der Waals surface area contributed by atoms with Crippen LogP contribution in [0.15, 0.2) is 22.3 Å². The third-order valence-electron chi connectivity index (χ3n) is 3.69. The molecule has 0 spiro atoms. The van der Waals surface area contributed by atoms with Gasteiger partial charge >= 0.3 is 0 Å². The van der Waals surface area contributed by atoms with Gasteiger partial charge in [0, 0.05) is 5.75 Å². The standard InChI is InChI=1S/C13H19N5OS/c1-2-4-11(5-3-1)6-7-20-13-17-16-12(19-13)8-18-10-14-9-15-18/h9-11H,1-8H2. The van der Waals surface area contributed by atoms with Gasteiger partial charge in [-0.3, -0.25) is 0 Å². The number of rotatable bonds is 6. The Hall–Kier alpha value is -1.37. The first-order chi connectivity index (χ1) is 9.90. The van der Waals surface area contributed by atoms with Crippen LogP contribution in [-0.4, -0.2) is 30.7 Å². The predicted octanol–water partition coefficient (Wildman–Crippen LogP) is 2.77. The van der Waals surface area contributed by atoms with Crippen molar-refractivity contribution in [3.05, 3.63) is 18.5 Å². The predicted molar refractivity (Wildman–Crippen MR) is 75.3 cm³/mol. The van der Waals surface area contributed by atoms with Gasteiger partial charge in [-0.2, -0.15) is 5.10 Å². The molecule has 0 N–H and O–H groups in total. The van der Waals surface area contributed by atoms with E-state index in [0.29, 0.717) is 17.7 Å². The maximum Gasteiger partial charge on any atom is 0.276 e. The van der Waals surface area contributed by atoms with E-state index in [4.69, 9.17) is 4.42 Å². The molecule has 0 amide bonds. The van der Waals surface area contributed by atoms with Crippen molar-refractivity contribution in [2.75, 3.05) is 5.75 Å². The zero-order chi connectivity index (χ0) is 13.6. The third-order valence-corrected chi connectivity index (χ3v) is 4.54. The van der Waals surface area contributed by atoms with Gasteiger partial charge in [0.1, 0.15) is 19.2 Å². The van der Waals surface area contributed by atoms with E-state index < -0.39 is 0 Å². The summed E-state index contributed by atoms with van der Waals surface area (Å²) < 4.78 is 7.27. The first kappa shape index (κ1) is 13.6. The molecular weight excluding hydrogens is 274 g/mol. The van der Waals surface area contributed by atoms with Crippen LogP contribution in [0.3, 0.4) is 0 Å². The fourth-order valence-corrected chi connectivity index (χ4v) is 3.48. The Kier molecular flexibility index (Phi) is 4.68. The Labute approximate surface area is 122 Å². The first-order valence-electron chi connectivity index (χ1n) is 7.18. The van der Waals surface area contributed by atoms with Crippen molar-refractivity contribution in [3.63, 3.8) is 0 Å². The summed E-state index contributed by atoms with van der Waals surface area (Å²) in [5, 5.41) is 12.8. The average Bonchev–Trinajstić information content (AvgIpc) is 3.13. The monoisotopic (exact) mass is 293 g/mol. The highest BCUT2D eigenvalue weighted by atomic mass is 32.2. The van der Waals surface area contributed by atoms with Gasteiger partial charge < -0.3 is 4.42 Å². The average molecular weight is 293 g/mol. The van der Waals surface area contributed by atoms with Gasteiger partial charge in [0.15, 0.2) is 0 Å². The van der Waals surface area contributed by atoms with Gasteiger partial charge in [0.2, 0.25) is 5.89 Å². The van der Waals surface area contributed by atoms with Gasteiger partial charge in [-0.15, -0.1) is 10.2 Å². The maximum atomic E-state index is 5.60. The minimum atomic E-state index is 0.482. The van der Waals surface area contributed by atoms with Crippen LogP contribution in [0.1, 0.15) is 44.4 Å². The van der Waals surface area contributed by atoms with Gasteiger partial charge in [-0.05, 0) is 12.3 Å². The minimum Gasteiger partial charge on any atom is -0.414 e. The molecule has 1 fully saturated rings. The van der Waals surface area contributed by atoms with Crippen molar-refractivity contribution in [1.29, 1.82) is 0 Å². The lowest BCUT2D eigenvalue weighted by Crippen LogP contribution is -2.06. The van der Waals surface area contributed by atoms with Crippen LogP contribution in [-0.2, 0) is 6.54 Å². The number of thioether (sulfide) groups is 1. The lowest BCUT2D eigenvalue weighted by atomic mass is 9.88. The largest absolute Gasteiger partial charge is 0.414 e. The van der Waals surface area contributed by atoms with E-state index in [9.17, 15) is 0 Å². The molecule has 2 heterocycles. The molecule has 0 bridgehead atoms. The fourth-order valence-electron chi connectivity index (χ4n) is 2.60. The number of hydrogen-bond donors (Lipinski definition) is 0. The van der Waals surface area contributed by atoms with Crippen molar-refractivity contribution in [2.24, 2.45) is 5.92 Å². The molecule has 0 atom stereocenters. The van der Waals surface area contributed by atoms with E-state index in [1.807, 2.05) is 0 Å². The lowest BCUT2D eigenvalue weighted by Gasteiger charge is -2.20. The van der Waals surface area contributed by atoms with E-state index in [-0.39, 0.29) is 0 Å². The Morgan fingerprint density at radius 3 is 2.95 bits per heavy atom. The zero-order valence-electron chi connectivity index (χ0n) is 11.4.